The normalized spacial score (nSPS) is 11.0. The molecule has 0 saturated carbocycles. The fraction of sp³-hybridized carbons (Fsp3) is 0.133. The Bertz CT molecular complexity index is 890. The molecule has 2 aromatic rings. The summed E-state index contributed by atoms with van der Waals surface area (Å²) in [6, 6.07) is 10.1. The third-order valence-corrected chi connectivity index (χ3v) is 5.78. The van der Waals surface area contributed by atoms with Gasteiger partial charge in [-0.25, -0.2) is 14.3 Å². The zero-order valence-corrected chi connectivity index (χ0v) is 15.4. The Hall–Kier alpha value is -2.00. The number of rotatable bonds is 6. The lowest BCUT2D eigenvalue weighted by Gasteiger charge is -2.24. The molecule has 25 heavy (non-hydrogen) atoms. The summed E-state index contributed by atoms with van der Waals surface area (Å²) in [5.41, 5.74) is 2.14. The van der Waals surface area contributed by atoms with E-state index in [-0.39, 0.29) is 20.6 Å². The van der Waals surface area contributed by atoms with Crippen molar-refractivity contribution in [1.29, 1.82) is 0 Å². The molecule has 0 spiro atoms. The van der Waals surface area contributed by atoms with Crippen LogP contribution in [0, 0.1) is 0 Å². The molecule has 0 aliphatic carbocycles. The molecule has 0 aromatic heterocycles. The molecular weight excluding hydrogens is 389 g/mol. The van der Waals surface area contributed by atoms with Gasteiger partial charge in [0.1, 0.15) is 12.3 Å². The van der Waals surface area contributed by atoms with Gasteiger partial charge in [-0.2, -0.15) is 0 Å². The lowest BCUT2D eigenvalue weighted by atomic mass is 10.3. The fourth-order valence-electron chi connectivity index (χ4n) is 2.02. The number of hydrazine groups is 1. The first-order chi connectivity index (χ1) is 11.8. The van der Waals surface area contributed by atoms with Gasteiger partial charge in [0.2, 0.25) is 0 Å². The number of hydrogen-bond acceptors (Lipinski definition) is 5. The highest BCUT2D eigenvalue weighted by Gasteiger charge is 2.28. The molecule has 134 valence electrons. The SMILES string of the molecule is COc1cccc(N(CC(=O)NN)S(=O)(=O)c2ccc(Cl)c(Cl)c2)c1. The quantitative estimate of drug-likeness (QED) is 0.437. The minimum Gasteiger partial charge on any atom is -0.497 e. The Morgan fingerprint density at radius 2 is 1.92 bits per heavy atom. The topological polar surface area (TPSA) is 102 Å². The first kappa shape index (κ1) is 19.3. The summed E-state index contributed by atoms with van der Waals surface area (Å²) < 4.78 is 32.0. The van der Waals surface area contributed by atoms with E-state index in [0.717, 1.165) is 4.31 Å². The maximum atomic E-state index is 13.0. The molecule has 2 aromatic carbocycles. The molecule has 0 atom stereocenters. The van der Waals surface area contributed by atoms with Crippen molar-refractivity contribution in [1.82, 2.24) is 5.43 Å². The van der Waals surface area contributed by atoms with Crippen LogP contribution in [0.15, 0.2) is 47.4 Å². The van der Waals surface area contributed by atoms with E-state index in [1.165, 1.54) is 37.4 Å². The van der Waals surface area contributed by atoms with Crippen molar-refractivity contribution in [3.63, 3.8) is 0 Å². The van der Waals surface area contributed by atoms with Gasteiger partial charge >= 0.3 is 0 Å². The number of halogens is 2. The molecule has 2 rings (SSSR count). The summed E-state index contributed by atoms with van der Waals surface area (Å²) >= 11 is 11.8. The third kappa shape index (κ3) is 4.35. The molecule has 1 amide bonds. The van der Waals surface area contributed by atoms with E-state index in [0.29, 0.717) is 5.75 Å². The second-order valence-electron chi connectivity index (χ2n) is 4.86. The predicted molar refractivity (Wildman–Crippen MR) is 96.3 cm³/mol. The molecule has 0 radical (unpaired) electrons. The van der Waals surface area contributed by atoms with Crippen LogP contribution in [0.5, 0.6) is 5.75 Å². The highest BCUT2D eigenvalue weighted by molar-refractivity contribution is 7.92. The number of ether oxygens (including phenoxy) is 1. The van der Waals surface area contributed by atoms with Crippen LogP contribution in [-0.4, -0.2) is 28.0 Å². The van der Waals surface area contributed by atoms with E-state index in [9.17, 15) is 13.2 Å². The van der Waals surface area contributed by atoms with Gasteiger partial charge < -0.3 is 4.74 Å². The van der Waals surface area contributed by atoms with Crippen LogP contribution >= 0.6 is 23.2 Å². The summed E-state index contributed by atoms with van der Waals surface area (Å²) in [4.78, 5) is 11.6. The summed E-state index contributed by atoms with van der Waals surface area (Å²) in [5.74, 6) is 4.84. The number of carbonyl (C=O) groups excluding carboxylic acids is 1. The van der Waals surface area contributed by atoms with E-state index in [2.05, 4.69) is 0 Å². The molecule has 7 nitrogen and oxygen atoms in total. The number of sulfonamides is 1. The van der Waals surface area contributed by atoms with Gasteiger partial charge in [0.15, 0.2) is 0 Å². The second kappa shape index (κ2) is 7.92. The lowest BCUT2D eigenvalue weighted by molar-refractivity contribution is -0.119. The van der Waals surface area contributed by atoms with E-state index in [4.69, 9.17) is 33.8 Å². The highest BCUT2D eigenvalue weighted by Crippen LogP contribution is 2.30. The van der Waals surface area contributed by atoms with E-state index in [1.807, 2.05) is 5.43 Å². The number of hydrogen-bond donors (Lipinski definition) is 2. The zero-order valence-electron chi connectivity index (χ0n) is 13.1. The van der Waals surface area contributed by atoms with Gasteiger partial charge in [0.05, 0.1) is 27.7 Å². The first-order valence-corrected chi connectivity index (χ1v) is 9.10. The van der Waals surface area contributed by atoms with Crippen molar-refractivity contribution in [3.8, 4) is 5.75 Å². The van der Waals surface area contributed by atoms with E-state index >= 15 is 0 Å². The average Bonchev–Trinajstić information content (AvgIpc) is 2.61. The Morgan fingerprint density at radius 3 is 2.52 bits per heavy atom. The summed E-state index contributed by atoms with van der Waals surface area (Å²) in [6.45, 7) is -0.522. The average molecular weight is 404 g/mol. The lowest BCUT2D eigenvalue weighted by Crippen LogP contribution is -2.43. The zero-order chi connectivity index (χ0) is 18.6. The van der Waals surface area contributed by atoms with Crippen molar-refractivity contribution in [2.24, 2.45) is 5.84 Å². The largest absolute Gasteiger partial charge is 0.497 e. The number of amides is 1. The third-order valence-electron chi connectivity index (χ3n) is 3.27. The number of nitrogens with zero attached hydrogens (tertiary/aromatic N) is 1. The van der Waals surface area contributed by atoms with Crippen molar-refractivity contribution < 1.29 is 17.9 Å². The van der Waals surface area contributed by atoms with Crippen molar-refractivity contribution in [3.05, 3.63) is 52.5 Å². The number of benzene rings is 2. The van der Waals surface area contributed by atoms with Crippen molar-refractivity contribution in [2.45, 2.75) is 4.90 Å². The molecule has 0 aliphatic rings. The standard InChI is InChI=1S/C15H15Cl2N3O4S/c1-24-11-4-2-3-10(7-11)20(9-15(21)19-18)25(22,23)12-5-6-13(16)14(17)8-12/h2-8H,9,18H2,1H3,(H,19,21). The molecule has 10 heteroatoms. The van der Waals surface area contributed by atoms with Gasteiger partial charge in [-0.3, -0.25) is 14.5 Å². The van der Waals surface area contributed by atoms with Crippen LogP contribution in [-0.2, 0) is 14.8 Å². The maximum Gasteiger partial charge on any atom is 0.264 e. The predicted octanol–water partition coefficient (Wildman–Crippen LogP) is 2.19. The molecule has 0 aliphatic heterocycles. The number of anilines is 1. The van der Waals surface area contributed by atoms with Crippen molar-refractivity contribution in [2.75, 3.05) is 18.0 Å². The van der Waals surface area contributed by atoms with Gasteiger partial charge in [-0.1, -0.05) is 29.3 Å². The molecule has 3 N–H and O–H groups in total. The van der Waals surface area contributed by atoms with Crippen LogP contribution in [0.3, 0.4) is 0 Å². The molecule has 0 unspecified atom stereocenters. The Morgan fingerprint density at radius 1 is 1.20 bits per heavy atom. The van der Waals surface area contributed by atoms with Gasteiger partial charge in [-0.15, -0.1) is 0 Å². The monoisotopic (exact) mass is 403 g/mol. The fourth-order valence-corrected chi connectivity index (χ4v) is 3.82. The highest BCUT2D eigenvalue weighted by atomic mass is 35.5. The van der Waals surface area contributed by atoms with Crippen LogP contribution in [0.25, 0.3) is 0 Å². The molecule has 0 bridgehead atoms. The van der Waals surface area contributed by atoms with Crippen LogP contribution in [0.2, 0.25) is 10.0 Å². The van der Waals surface area contributed by atoms with E-state index < -0.39 is 22.5 Å². The Kier molecular flexibility index (Phi) is 6.12. The summed E-state index contributed by atoms with van der Waals surface area (Å²) in [6.07, 6.45) is 0. The smallest absolute Gasteiger partial charge is 0.264 e. The summed E-state index contributed by atoms with van der Waals surface area (Å²) in [7, 11) is -2.66. The second-order valence-corrected chi connectivity index (χ2v) is 7.53. The molecule has 0 fully saturated rings. The van der Waals surface area contributed by atoms with Crippen molar-refractivity contribution >= 4 is 44.8 Å². The Labute approximate surface area is 155 Å². The van der Waals surface area contributed by atoms with E-state index in [1.54, 1.807) is 12.1 Å². The minimum absolute atomic E-state index is 0.0802. The van der Waals surface area contributed by atoms with Crippen LogP contribution < -0.4 is 20.3 Å². The van der Waals surface area contributed by atoms with Gasteiger partial charge in [0.25, 0.3) is 15.9 Å². The number of nitrogens with two attached hydrogens (primary N) is 1. The van der Waals surface area contributed by atoms with Gasteiger partial charge in [-0.05, 0) is 30.3 Å². The van der Waals surface area contributed by atoms with Gasteiger partial charge in [0, 0.05) is 6.07 Å². The first-order valence-electron chi connectivity index (χ1n) is 6.91. The molecular formula is C15H15Cl2N3O4S. The maximum absolute atomic E-state index is 13.0. The number of methoxy groups -OCH3 is 1. The molecule has 0 heterocycles. The number of carbonyl (C=O) groups is 1. The van der Waals surface area contributed by atoms with Crippen LogP contribution in [0.1, 0.15) is 0 Å². The van der Waals surface area contributed by atoms with Crippen LogP contribution in [0.4, 0.5) is 5.69 Å². The summed E-state index contributed by atoms with van der Waals surface area (Å²) in [5, 5.41) is 0.296. The molecule has 0 saturated heterocycles. The number of nitrogens with one attached hydrogen (secondary N) is 1. The minimum atomic E-state index is -4.11. The Balaban J connectivity index is 2.56.